The Bertz CT molecular complexity index is 894. The lowest BCUT2D eigenvalue weighted by molar-refractivity contribution is 0.429. The van der Waals surface area contributed by atoms with Crippen LogP contribution in [-0.4, -0.2) is 28.7 Å². The quantitative estimate of drug-likeness (QED) is 0.506. The van der Waals surface area contributed by atoms with E-state index in [0.29, 0.717) is 5.69 Å². The van der Waals surface area contributed by atoms with Gasteiger partial charge in [0.05, 0.1) is 12.0 Å². The van der Waals surface area contributed by atoms with Gasteiger partial charge < -0.3 is 9.64 Å². The molecule has 0 saturated heterocycles. The van der Waals surface area contributed by atoms with E-state index >= 15 is 0 Å². The van der Waals surface area contributed by atoms with Gasteiger partial charge in [-0.25, -0.2) is 13.8 Å². The van der Waals surface area contributed by atoms with Crippen molar-refractivity contribution in [2.24, 2.45) is 4.99 Å². The molecule has 27 heavy (non-hydrogen) atoms. The normalized spacial score (nSPS) is 11.9. The monoisotopic (exact) mass is 392 g/mol. The molecule has 0 aliphatic heterocycles. The summed E-state index contributed by atoms with van der Waals surface area (Å²) in [5.41, 5.74) is 0.290. The van der Waals surface area contributed by atoms with E-state index in [1.165, 1.54) is 6.34 Å². The number of hydrogen-bond acceptors (Lipinski definition) is 5. The lowest BCUT2D eigenvalue weighted by atomic mass is 9.90. The molecule has 1 heterocycles. The second kappa shape index (κ2) is 8.01. The number of aliphatic imine (C=N–C) groups is 1. The summed E-state index contributed by atoms with van der Waals surface area (Å²) in [5, 5.41) is 9.54. The average Bonchev–Trinajstić information content (AvgIpc) is 2.99. The third kappa shape index (κ3) is 4.80. The molecule has 0 aliphatic carbocycles. The van der Waals surface area contributed by atoms with Crippen molar-refractivity contribution in [3.05, 3.63) is 35.0 Å². The minimum absolute atomic E-state index is 0.132. The van der Waals surface area contributed by atoms with Gasteiger partial charge in [0.2, 0.25) is 5.06 Å². The smallest absolute Gasteiger partial charge is 0.218 e. The SMILES string of the molecule is CC(C)N(C)/C=N\c1cc(F)c(Oc2snc(C(C)(C)C)c2C#N)cc1F. The van der Waals surface area contributed by atoms with Crippen molar-refractivity contribution >= 4 is 23.6 Å². The maximum atomic E-state index is 14.4. The number of benzene rings is 1. The van der Waals surface area contributed by atoms with Gasteiger partial charge in [0.1, 0.15) is 17.3 Å². The minimum Gasteiger partial charge on any atom is -0.441 e. The van der Waals surface area contributed by atoms with Crippen molar-refractivity contribution in [2.45, 2.75) is 46.1 Å². The molecule has 1 aromatic carbocycles. The zero-order valence-electron chi connectivity index (χ0n) is 16.2. The molecule has 0 aliphatic rings. The number of halogens is 2. The Balaban J connectivity index is 2.33. The van der Waals surface area contributed by atoms with Crippen LogP contribution in [0.3, 0.4) is 0 Å². The number of hydrogen-bond donors (Lipinski definition) is 0. The summed E-state index contributed by atoms with van der Waals surface area (Å²) >= 11 is 0.938. The van der Waals surface area contributed by atoms with E-state index < -0.39 is 11.6 Å². The molecule has 0 spiro atoms. The highest BCUT2D eigenvalue weighted by atomic mass is 32.1. The van der Waals surface area contributed by atoms with E-state index in [9.17, 15) is 14.0 Å². The van der Waals surface area contributed by atoms with Crippen LogP contribution in [0, 0.1) is 23.0 Å². The lowest BCUT2D eigenvalue weighted by Crippen LogP contribution is -2.24. The van der Waals surface area contributed by atoms with Gasteiger partial charge in [-0.2, -0.15) is 9.64 Å². The van der Waals surface area contributed by atoms with Gasteiger partial charge in [-0.3, -0.25) is 0 Å². The number of rotatable bonds is 5. The Morgan fingerprint density at radius 2 is 1.96 bits per heavy atom. The zero-order chi connectivity index (χ0) is 20.4. The molecule has 0 N–H and O–H groups in total. The number of nitrogens with zero attached hydrogens (tertiary/aromatic N) is 4. The van der Waals surface area contributed by atoms with Crippen molar-refractivity contribution in [2.75, 3.05) is 7.05 Å². The van der Waals surface area contributed by atoms with E-state index in [1.54, 1.807) is 11.9 Å². The number of ether oxygens (including phenoxy) is 1. The summed E-state index contributed by atoms with van der Waals surface area (Å²) in [7, 11) is 1.79. The summed E-state index contributed by atoms with van der Waals surface area (Å²) in [6.07, 6.45) is 1.44. The molecule has 2 rings (SSSR count). The largest absolute Gasteiger partial charge is 0.441 e. The highest BCUT2D eigenvalue weighted by Crippen LogP contribution is 2.38. The third-order valence-corrected chi connectivity index (χ3v) is 4.61. The van der Waals surface area contributed by atoms with Crippen molar-refractivity contribution < 1.29 is 13.5 Å². The molecule has 0 unspecified atom stereocenters. The van der Waals surface area contributed by atoms with Crippen LogP contribution in [-0.2, 0) is 5.41 Å². The summed E-state index contributed by atoms with van der Waals surface area (Å²) in [6.45, 7) is 9.64. The predicted molar refractivity (Wildman–Crippen MR) is 103 cm³/mol. The van der Waals surface area contributed by atoms with Gasteiger partial charge in [-0.1, -0.05) is 20.8 Å². The highest BCUT2D eigenvalue weighted by Gasteiger charge is 2.26. The van der Waals surface area contributed by atoms with Crippen molar-refractivity contribution in [1.82, 2.24) is 9.27 Å². The van der Waals surface area contributed by atoms with Crippen LogP contribution in [0.4, 0.5) is 14.5 Å². The fourth-order valence-electron chi connectivity index (χ4n) is 2.04. The maximum absolute atomic E-state index is 14.4. The molecule has 0 radical (unpaired) electrons. The first-order valence-electron chi connectivity index (χ1n) is 8.37. The van der Waals surface area contributed by atoms with Crippen LogP contribution in [0.2, 0.25) is 0 Å². The highest BCUT2D eigenvalue weighted by molar-refractivity contribution is 7.08. The molecule has 2 aromatic rings. The van der Waals surface area contributed by atoms with Crippen LogP contribution in [0.5, 0.6) is 10.8 Å². The Hall–Kier alpha value is -2.53. The first-order chi connectivity index (χ1) is 12.5. The van der Waals surface area contributed by atoms with E-state index in [4.69, 9.17) is 4.74 Å². The second-order valence-electron chi connectivity index (χ2n) is 7.40. The van der Waals surface area contributed by atoms with Gasteiger partial charge in [-0.15, -0.1) is 0 Å². The van der Waals surface area contributed by atoms with E-state index in [-0.39, 0.29) is 33.5 Å². The fourth-order valence-corrected chi connectivity index (χ4v) is 2.94. The molecular formula is C19H22F2N4OS. The molecule has 0 atom stereocenters. The molecule has 144 valence electrons. The first kappa shape index (κ1) is 20.8. The lowest BCUT2D eigenvalue weighted by Gasteiger charge is -2.17. The zero-order valence-corrected chi connectivity index (χ0v) is 17.0. The molecule has 0 amide bonds. The topological polar surface area (TPSA) is 61.5 Å². The Kier molecular flexibility index (Phi) is 6.16. The van der Waals surface area contributed by atoms with Crippen LogP contribution >= 0.6 is 11.5 Å². The maximum Gasteiger partial charge on any atom is 0.218 e. The van der Waals surface area contributed by atoms with Crippen LogP contribution < -0.4 is 4.74 Å². The fraction of sp³-hybridized carbons (Fsp3) is 0.421. The molecule has 8 heteroatoms. The molecule has 0 bridgehead atoms. The molecular weight excluding hydrogens is 370 g/mol. The van der Waals surface area contributed by atoms with Crippen LogP contribution in [0.15, 0.2) is 17.1 Å². The van der Waals surface area contributed by atoms with E-state index in [0.717, 1.165) is 23.7 Å². The Morgan fingerprint density at radius 3 is 2.52 bits per heavy atom. The summed E-state index contributed by atoms with van der Waals surface area (Å²) in [5.74, 6) is -1.81. The van der Waals surface area contributed by atoms with Crippen molar-refractivity contribution in [1.29, 1.82) is 5.26 Å². The van der Waals surface area contributed by atoms with E-state index in [2.05, 4.69) is 9.37 Å². The Morgan fingerprint density at radius 1 is 1.30 bits per heavy atom. The minimum atomic E-state index is -0.773. The van der Waals surface area contributed by atoms with Crippen molar-refractivity contribution in [3.8, 4) is 16.9 Å². The molecule has 5 nitrogen and oxygen atoms in total. The van der Waals surface area contributed by atoms with Gasteiger partial charge in [0, 0.05) is 42.2 Å². The molecule has 0 saturated carbocycles. The third-order valence-electron chi connectivity index (χ3n) is 3.88. The van der Waals surface area contributed by atoms with Gasteiger partial charge in [0.25, 0.3) is 0 Å². The van der Waals surface area contributed by atoms with Gasteiger partial charge >= 0.3 is 0 Å². The predicted octanol–water partition coefficient (Wildman–Crippen LogP) is 5.38. The van der Waals surface area contributed by atoms with Crippen LogP contribution in [0.25, 0.3) is 0 Å². The van der Waals surface area contributed by atoms with Gasteiger partial charge in [-0.05, 0) is 13.8 Å². The van der Waals surface area contributed by atoms with Crippen molar-refractivity contribution in [3.63, 3.8) is 0 Å². The van der Waals surface area contributed by atoms with E-state index in [1.807, 2.05) is 40.7 Å². The number of nitriles is 1. The Labute approximate surface area is 162 Å². The summed E-state index contributed by atoms with van der Waals surface area (Å²) < 4.78 is 38.4. The standard InChI is InChI=1S/C19H22F2N4OS/c1-11(2)25(6)10-23-15-7-14(21)16(8-13(15)20)26-18-12(9-22)17(24-27-18)19(3,4)5/h7-8,10-11H,1-6H3/b23-10-. The number of aromatic nitrogens is 1. The first-order valence-corrected chi connectivity index (χ1v) is 9.15. The summed E-state index contributed by atoms with van der Waals surface area (Å²) in [6, 6.07) is 4.11. The summed E-state index contributed by atoms with van der Waals surface area (Å²) in [4.78, 5) is 5.74. The van der Waals surface area contributed by atoms with Crippen LogP contribution in [0.1, 0.15) is 45.9 Å². The van der Waals surface area contributed by atoms with Gasteiger partial charge in [0.15, 0.2) is 17.4 Å². The molecule has 0 fully saturated rings. The second-order valence-corrected chi connectivity index (χ2v) is 8.13. The average molecular weight is 392 g/mol. The molecule has 1 aromatic heterocycles.